The van der Waals surface area contributed by atoms with Gasteiger partial charge in [-0.1, -0.05) is 0 Å². The van der Waals surface area contributed by atoms with Gasteiger partial charge in [-0.25, -0.2) is 18.0 Å². The molecule has 1 aliphatic heterocycles. The zero-order chi connectivity index (χ0) is 24.6. The molecule has 0 atom stereocenters. The lowest BCUT2D eigenvalue weighted by Gasteiger charge is -2.12. The van der Waals surface area contributed by atoms with Gasteiger partial charge in [-0.15, -0.1) is 0 Å². The Hall–Kier alpha value is -4.13. The summed E-state index contributed by atoms with van der Waals surface area (Å²) in [6, 6.07) is 9.92. The third-order valence-corrected chi connectivity index (χ3v) is 6.85. The number of aromatic nitrogens is 2. The highest BCUT2D eigenvalue weighted by atomic mass is 32.2. The first-order valence-corrected chi connectivity index (χ1v) is 11.7. The highest BCUT2D eigenvalue weighted by molar-refractivity contribution is 7.92. The van der Waals surface area contributed by atoms with E-state index in [4.69, 9.17) is 0 Å². The maximum absolute atomic E-state index is 12.8. The maximum atomic E-state index is 12.8. The molecule has 1 aliphatic rings. The van der Waals surface area contributed by atoms with Gasteiger partial charge in [0.2, 0.25) is 11.8 Å². The largest absolute Gasteiger partial charge is 0.329 e. The van der Waals surface area contributed by atoms with Crippen LogP contribution >= 0.6 is 0 Å². The number of anilines is 2. The van der Waals surface area contributed by atoms with Gasteiger partial charge in [0.1, 0.15) is 0 Å². The number of rotatable bonds is 7. The Kier molecular flexibility index (Phi) is 5.87. The Morgan fingerprint density at radius 1 is 0.971 bits per heavy atom. The smallest absolute Gasteiger partial charge is 0.328 e. The fourth-order valence-electron chi connectivity index (χ4n) is 3.61. The second-order valence-electron chi connectivity index (χ2n) is 7.74. The second kappa shape index (κ2) is 8.67. The second-order valence-corrected chi connectivity index (χ2v) is 9.42. The molecule has 3 aromatic rings. The Morgan fingerprint density at radius 2 is 1.62 bits per heavy atom. The molecule has 0 radical (unpaired) electrons. The summed E-state index contributed by atoms with van der Waals surface area (Å²) in [6.45, 7) is -0.110. The monoisotopic (exact) mass is 486 g/mol. The highest BCUT2D eigenvalue weighted by Crippen LogP contribution is 2.22. The SMILES string of the molecule is Cn1c(=O)n(C)c2cc(S(=O)(=O)Nc3ccc(NC(=O)CCN4C(=O)CNC4=O)cc3)ccc21. The van der Waals surface area contributed by atoms with Crippen molar-refractivity contribution in [3.8, 4) is 0 Å². The molecule has 3 N–H and O–H groups in total. The fourth-order valence-corrected chi connectivity index (χ4v) is 4.69. The van der Waals surface area contributed by atoms with Crippen molar-refractivity contribution in [2.45, 2.75) is 11.3 Å². The molecule has 4 amide bonds. The van der Waals surface area contributed by atoms with E-state index in [-0.39, 0.29) is 41.7 Å². The summed E-state index contributed by atoms with van der Waals surface area (Å²) >= 11 is 0. The van der Waals surface area contributed by atoms with Crippen LogP contribution < -0.4 is 21.0 Å². The Balaban J connectivity index is 1.41. The number of nitrogens with one attached hydrogen (secondary N) is 3. The number of nitrogens with zero attached hydrogens (tertiary/aromatic N) is 3. The molecule has 2 heterocycles. The minimum absolute atomic E-state index is 0.000855. The number of imidazole rings is 1. The third-order valence-electron chi connectivity index (χ3n) is 5.47. The van der Waals surface area contributed by atoms with Gasteiger partial charge in [0.15, 0.2) is 0 Å². The van der Waals surface area contributed by atoms with E-state index in [0.717, 1.165) is 4.90 Å². The number of imide groups is 1. The van der Waals surface area contributed by atoms with Crippen LogP contribution in [0.25, 0.3) is 11.0 Å². The Labute approximate surface area is 194 Å². The van der Waals surface area contributed by atoms with Crippen LogP contribution in [-0.4, -0.2) is 53.4 Å². The number of urea groups is 1. The maximum Gasteiger partial charge on any atom is 0.328 e. The molecule has 0 unspecified atom stereocenters. The van der Waals surface area contributed by atoms with Crippen LogP contribution in [-0.2, 0) is 33.7 Å². The van der Waals surface area contributed by atoms with Crippen LogP contribution in [0.3, 0.4) is 0 Å². The molecule has 0 bridgehead atoms. The van der Waals surface area contributed by atoms with Crippen molar-refractivity contribution in [1.29, 1.82) is 0 Å². The van der Waals surface area contributed by atoms with Gasteiger partial charge in [0.25, 0.3) is 10.0 Å². The van der Waals surface area contributed by atoms with E-state index in [2.05, 4.69) is 15.4 Å². The van der Waals surface area contributed by atoms with Gasteiger partial charge in [0.05, 0.1) is 22.5 Å². The minimum atomic E-state index is -3.93. The van der Waals surface area contributed by atoms with Crippen molar-refractivity contribution in [2.75, 3.05) is 23.1 Å². The fraction of sp³-hybridized carbons (Fsp3) is 0.238. The molecular weight excluding hydrogens is 464 g/mol. The highest BCUT2D eigenvalue weighted by Gasteiger charge is 2.28. The summed E-state index contributed by atoms with van der Waals surface area (Å²) in [5, 5.41) is 5.01. The number of hydrogen-bond acceptors (Lipinski definition) is 6. The molecule has 34 heavy (non-hydrogen) atoms. The standard InChI is InChI=1S/C21H22N6O6S/c1-25-16-8-7-15(11-17(16)26(2)21(25)31)34(32,33)24-14-5-3-13(4-6-14)23-18(28)9-10-27-19(29)12-22-20(27)30/h3-8,11,24H,9-10,12H2,1-2H3,(H,22,30)(H,23,28). The van der Waals surface area contributed by atoms with Crippen LogP contribution in [0.15, 0.2) is 52.2 Å². The predicted molar refractivity (Wildman–Crippen MR) is 124 cm³/mol. The lowest BCUT2D eigenvalue weighted by molar-refractivity contribution is -0.125. The summed E-state index contributed by atoms with van der Waals surface area (Å²) in [7, 11) is -0.747. The van der Waals surface area contributed by atoms with Crippen molar-refractivity contribution in [1.82, 2.24) is 19.4 Å². The number of carbonyl (C=O) groups excluding carboxylic acids is 3. The number of benzene rings is 2. The van der Waals surface area contributed by atoms with Crippen molar-refractivity contribution in [3.05, 3.63) is 52.9 Å². The lowest BCUT2D eigenvalue weighted by Crippen LogP contribution is -2.33. The van der Waals surface area contributed by atoms with Crippen LogP contribution in [0.5, 0.6) is 0 Å². The first-order chi connectivity index (χ1) is 16.1. The van der Waals surface area contributed by atoms with Gasteiger partial charge >= 0.3 is 11.7 Å². The average molecular weight is 487 g/mol. The molecule has 2 aromatic carbocycles. The van der Waals surface area contributed by atoms with E-state index in [1.54, 1.807) is 20.2 Å². The summed E-state index contributed by atoms with van der Waals surface area (Å²) in [5.41, 5.74) is 1.54. The van der Waals surface area contributed by atoms with Gasteiger partial charge in [-0.2, -0.15) is 0 Å². The van der Waals surface area contributed by atoms with Gasteiger partial charge in [-0.3, -0.25) is 28.3 Å². The summed E-state index contributed by atoms with van der Waals surface area (Å²) in [5.74, 6) is -0.786. The van der Waals surface area contributed by atoms with E-state index in [9.17, 15) is 27.6 Å². The first kappa shape index (κ1) is 23.0. The molecule has 13 heteroatoms. The molecule has 1 aromatic heterocycles. The van der Waals surface area contributed by atoms with Crippen molar-refractivity contribution in [2.24, 2.45) is 14.1 Å². The summed E-state index contributed by atoms with van der Waals surface area (Å²) in [6.07, 6.45) is -0.0714. The molecule has 1 fully saturated rings. The van der Waals surface area contributed by atoms with E-state index in [0.29, 0.717) is 16.7 Å². The first-order valence-electron chi connectivity index (χ1n) is 10.2. The molecular formula is C21H22N6O6S. The van der Waals surface area contributed by atoms with Crippen LogP contribution in [0.4, 0.5) is 16.2 Å². The molecule has 0 aliphatic carbocycles. The molecule has 1 saturated heterocycles. The van der Waals surface area contributed by atoms with E-state index in [1.165, 1.54) is 45.5 Å². The zero-order valence-electron chi connectivity index (χ0n) is 18.4. The van der Waals surface area contributed by atoms with Crippen molar-refractivity contribution < 1.29 is 22.8 Å². The minimum Gasteiger partial charge on any atom is -0.329 e. The number of hydrogen-bond donors (Lipinski definition) is 3. The normalized spacial score (nSPS) is 13.9. The average Bonchev–Trinajstić information content (AvgIpc) is 3.24. The molecule has 0 saturated carbocycles. The van der Waals surface area contributed by atoms with Crippen molar-refractivity contribution in [3.63, 3.8) is 0 Å². The Bertz CT molecular complexity index is 1460. The van der Waals surface area contributed by atoms with Gasteiger partial charge in [-0.05, 0) is 42.5 Å². The van der Waals surface area contributed by atoms with Crippen LogP contribution in [0, 0.1) is 0 Å². The summed E-state index contributed by atoms with van der Waals surface area (Å²) in [4.78, 5) is 48.2. The number of fused-ring (bicyclic) bond motifs is 1. The molecule has 12 nitrogen and oxygen atoms in total. The number of sulfonamides is 1. The van der Waals surface area contributed by atoms with Gasteiger partial charge < -0.3 is 10.6 Å². The van der Waals surface area contributed by atoms with Crippen LogP contribution in [0.1, 0.15) is 6.42 Å². The van der Waals surface area contributed by atoms with E-state index >= 15 is 0 Å². The van der Waals surface area contributed by atoms with E-state index in [1.807, 2.05) is 0 Å². The Morgan fingerprint density at radius 3 is 2.26 bits per heavy atom. The molecule has 4 rings (SSSR count). The lowest BCUT2D eigenvalue weighted by atomic mass is 10.2. The topological polar surface area (TPSA) is 152 Å². The number of aryl methyl sites for hydroxylation is 2. The zero-order valence-corrected chi connectivity index (χ0v) is 19.2. The predicted octanol–water partition coefficient (Wildman–Crippen LogP) is 0.558. The summed E-state index contributed by atoms with van der Waals surface area (Å²) < 4.78 is 30.9. The van der Waals surface area contributed by atoms with Crippen molar-refractivity contribution >= 4 is 50.3 Å². The van der Waals surface area contributed by atoms with E-state index < -0.39 is 22.0 Å². The molecule has 0 spiro atoms. The van der Waals surface area contributed by atoms with Gasteiger partial charge in [0, 0.05) is 38.4 Å². The number of amides is 4. The number of carbonyl (C=O) groups is 3. The molecule has 178 valence electrons. The van der Waals surface area contributed by atoms with Crippen LogP contribution in [0.2, 0.25) is 0 Å². The quantitative estimate of drug-likeness (QED) is 0.415. The third kappa shape index (κ3) is 4.37.